The van der Waals surface area contributed by atoms with Crippen LogP contribution in [0.5, 0.6) is 0 Å². The number of carbonyl (C=O) groups is 1. The smallest absolute Gasteiger partial charge is 0.270 e. The highest BCUT2D eigenvalue weighted by Gasteiger charge is 2.15. The zero-order chi connectivity index (χ0) is 13.1. The van der Waals surface area contributed by atoms with E-state index in [4.69, 9.17) is 11.6 Å². The molecule has 0 heterocycles. The predicted molar refractivity (Wildman–Crippen MR) is 68.0 cm³/mol. The molecule has 0 unspecified atom stereocenters. The number of non-ortho nitro benzene ring substituents is 1. The van der Waals surface area contributed by atoms with Crippen LogP contribution in [0.3, 0.4) is 0 Å². The van der Waals surface area contributed by atoms with Crippen molar-refractivity contribution < 1.29 is 9.72 Å². The van der Waals surface area contributed by atoms with E-state index in [0.29, 0.717) is 5.56 Å². The van der Waals surface area contributed by atoms with E-state index < -0.39 is 4.92 Å². The molecule has 0 aliphatic heterocycles. The topological polar surface area (TPSA) is 60.2 Å². The number of benzene rings is 2. The van der Waals surface area contributed by atoms with E-state index in [2.05, 4.69) is 0 Å². The Hall–Kier alpha value is -2.20. The van der Waals surface area contributed by atoms with Crippen LogP contribution in [0.25, 0.3) is 0 Å². The molecule has 0 aromatic heterocycles. The first kappa shape index (κ1) is 12.3. The van der Waals surface area contributed by atoms with Gasteiger partial charge in [-0.1, -0.05) is 41.9 Å². The van der Waals surface area contributed by atoms with E-state index in [9.17, 15) is 14.9 Å². The highest BCUT2D eigenvalue weighted by Crippen LogP contribution is 2.24. The molecule has 0 aliphatic rings. The number of hydrogen-bond donors (Lipinski definition) is 0. The van der Waals surface area contributed by atoms with Crippen LogP contribution in [-0.2, 0) is 0 Å². The summed E-state index contributed by atoms with van der Waals surface area (Å²) in [6, 6.07) is 12.4. The van der Waals surface area contributed by atoms with Crippen LogP contribution >= 0.6 is 11.6 Å². The van der Waals surface area contributed by atoms with Gasteiger partial charge in [0.1, 0.15) is 0 Å². The van der Waals surface area contributed by atoms with Crippen molar-refractivity contribution >= 4 is 23.1 Å². The summed E-state index contributed by atoms with van der Waals surface area (Å²) in [4.78, 5) is 22.1. The zero-order valence-electron chi connectivity index (χ0n) is 9.17. The summed E-state index contributed by atoms with van der Waals surface area (Å²) >= 11 is 5.89. The lowest BCUT2D eigenvalue weighted by Crippen LogP contribution is -2.02. The second kappa shape index (κ2) is 4.98. The van der Waals surface area contributed by atoms with Crippen LogP contribution in [-0.4, -0.2) is 10.7 Å². The summed E-state index contributed by atoms with van der Waals surface area (Å²) in [5.74, 6) is -0.254. The molecule has 0 spiro atoms. The largest absolute Gasteiger partial charge is 0.289 e. The lowest BCUT2D eigenvalue weighted by atomic mass is 10.0. The van der Waals surface area contributed by atoms with Gasteiger partial charge in [0.25, 0.3) is 5.69 Å². The molecule has 0 radical (unpaired) electrons. The Morgan fingerprint density at radius 1 is 1.11 bits per heavy atom. The van der Waals surface area contributed by atoms with Crippen LogP contribution in [0.4, 0.5) is 5.69 Å². The van der Waals surface area contributed by atoms with Gasteiger partial charge in [0.15, 0.2) is 5.78 Å². The number of nitrogens with zero attached hydrogens (tertiary/aromatic N) is 1. The third-order valence-electron chi connectivity index (χ3n) is 2.44. The lowest BCUT2D eigenvalue weighted by molar-refractivity contribution is -0.384. The number of hydrogen-bond acceptors (Lipinski definition) is 3. The van der Waals surface area contributed by atoms with Gasteiger partial charge in [-0.05, 0) is 6.07 Å². The minimum absolute atomic E-state index is 0.0815. The maximum atomic E-state index is 12.1. The molecule has 2 rings (SSSR count). The average molecular weight is 262 g/mol. The fourth-order valence-corrected chi connectivity index (χ4v) is 1.81. The number of halogens is 1. The Labute approximate surface area is 108 Å². The molecule has 2 aromatic rings. The summed E-state index contributed by atoms with van der Waals surface area (Å²) in [5.41, 5.74) is 0.617. The summed E-state index contributed by atoms with van der Waals surface area (Å²) in [7, 11) is 0. The van der Waals surface area contributed by atoms with Crippen molar-refractivity contribution in [3.05, 3.63) is 74.8 Å². The van der Waals surface area contributed by atoms with Crippen LogP contribution in [0, 0.1) is 10.1 Å². The Balaban J connectivity index is 2.41. The van der Waals surface area contributed by atoms with Crippen LogP contribution in [0.15, 0.2) is 48.5 Å². The third kappa shape index (κ3) is 2.38. The molecule has 0 aliphatic carbocycles. The summed E-state index contributed by atoms with van der Waals surface area (Å²) in [5, 5.41) is 10.6. The lowest BCUT2D eigenvalue weighted by Gasteiger charge is -2.03. The van der Waals surface area contributed by atoms with Gasteiger partial charge >= 0.3 is 0 Å². The van der Waals surface area contributed by atoms with Crippen molar-refractivity contribution in [2.24, 2.45) is 0 Å². The summed E-state index contributed by atoms with van der Waals surface area (Å²) in [6.07, 6.45) is 0. The minimum Gasteiger partial charge on any atom is -0.289 e. The van der Waals surface area contributed by atoms with Gasteiger partial charge in [-0.3, -0.25) is 14.9 Å². The van der Waals surface area contributed by atoms with Gasteiger partial charge in [-0.25, -0.2) is 0 Å². The van der Waals surface area contributed by atoms with E-state index in [1.54, 1.807) is 30.3 Å². The molecule has 0 amide bonds. The van der Waals surface area contributed by atoms with E-state index in [-0.39, 0.29) is 22.1 Å². The molecule has 0 atom stereocenters. The van der Waals surface area contributed by atoms with Crippen LogP contribution in [0.1, 0.15) is 15.9 Å². The molecule has 0 N–H and O–H groups in total. The molecule has 5 heteroatoms. The molecular weight excluding hydrogens is 254 g/mol. The van der Waals surface area contributed by atoms with E-state index in [1.807, 2.05) is 0 Å². The second-order valence-electron chi connectivity index (χ2n) is 3.62. The van der Waals surface area contributed by atoms with Crippen molar-refractivity contribution in [3.63, 3.8) is 0 Å². The first-order valence-electron chi connectivity index (χ1n) is 5.13. The Kier molecular flexibility index (Phi) is 3.39. The molecule has 18 heavy (non-hydrogen) atoms. The number of ketones is 1. The highest BCUT2D eigenvalue weighted by molar-refractivity contribution is 6.35. The maximum absolute atomic E-state index is 12.1. The Bertz CT molecular complexity index is 611. The average Bonchev–Trinajstić information content (AvgIpc) is 2.38. The number of nitro benzene ring substituents is 1. The zero-order valence-corrected chi connectivity index (χ0v) is 9.92. The normalized spacial score (nSPS) is 10.1. The molecule has 90 valence electrons. The number of nitro groups is 1. The van der Waals surface area contributed by atoms with Gasteiger partial charge < -0.3 is 0 Å². The molecule has 0 saturated carbocycles. The quantitative estimate of drug-likeness (QED) is 0.483. The standard InChI is InChI=1S/C13H8ClNO3/c14-12-8-10(15(17)18)6-7-11(12)13(16)9-4-2-1-3-5-9/h1-8H. The molecule has 0 bridgehead atoms. The molecule has 0 fully saturated rings. The van der Waals surface area contributed by atoms with Crippen molar-refractivity contribution in [1.82, 2.24) is 0 Å². The molecular formula is C13H8ClNO3. The summed E-state index contributed by atoms with van der Waals surface area (Å²) in [6.45, 7) is 0. The van der Waals surface area contributed by atoms with Gasteiger partial charge in [0.2, 0.25) is 0 Å². The monoisotopic (exact) mass is 261 g/mol. The highest BCUT2D eigenvalue weighted by atomic mass is 35.5. The van der Waals surface area contributed by atoms with Gasteiger partial charge in [0.05, 0.1) is 9.95 Å². The molecule has 0 saturated heterocycles. The summed E-state index contributed by atoms with van der Waals surface area (Å²) < 4.78 is 0. The fraction of sp³-hybridized carbons (Fsp3) is 0. The fourth-order valence-electron chi connectivity index (χ4n) is 1.55. The van der Waals surface area contributed by atoms with Crippen LogP contribution in [0.2, 0.25) is 5.02 Å². The number of carbonyl (C=O) groups excluding carboxylic acids is 1. The van der Waals surface area contributed by atoms with Crippen molar-refractivity contribution in [1.29, 1.82) is 0 Å². The van der Waals surface area contributed by atoms with Gasteiger partial charge in [-0.15, -0.1) is 0 Å². The van der Waals surface area contributed by atoms with Gasteiger partial charge in [-0.2, -0.15) is 0 Å². The minimum atomic E-state index is -0.553. The first-order chi connectivity index (χ1) is 8.59. The molecule has 2 aromatic carbocycles. The van der Waals surface area contributed by atoms with Crippen molar-refractivity contribution in [2.45, 2.75) is 0 Å². The number of rotatable bonds is 3. The van der Waals surface area contributed by atoms with Gasteiger partial charge in [0, 0.05) is 23.3 Å². The van der Waals surface area contributed by atoms with E-state index in [0.717, 1.165) is 0 Å². The predicted octanol–water partition coefficient (Wildman–Crippen LogP) is 3.48. The molecule has 4 nitrogen and oxygen atoms in total. The van der Waals surface area contributed by atoms with E-state index in [1.165, 1.54) is 18.2 Å². The first-order valence-corrected chi connectivity index (χ1v) is 5.51. The Morgan fingerprint density at radius 2 is 1.78 bits per heavy atom. The second-order valence-corrected chi connectivity index (χ2v) is 4.02. The van der Waals surface area contributed by atoms with Crippen LogP contribution < -0.4 is 0 Å². The third-order valence-corrected chi connectivity index (χ3v) is 2.76. The van der Waals surface area contributed by atoms with E-state index >= 15 is 0 Å². The SMILES string of the molecule is O=C(c1ccccc1)c1ccc([N+](=O)[O-])cc1Cl. The maximum Gasteiger partial charge on any atom is 0.270 e. The van der Waals surface area contributed by atoms with Crippen molar-refractivity contribution in [2.75, 3.05) is 0 Å². The van der Waals surface area contributed by atoms with Crippen molar-refractivity contribution in [3.8, 4) is 0 Å². The Morgan fingerprint density at radius 3 is 2.33 bits per heavy atom.